The van der Waals surface area contributed by atoms with Crippen LogP contribution in [0.25, 0.3) is 0 Å². The fourth-order valence-corrected chi connectivity index (χ4v) is 1.75. The van der Waals surface area contributed by atoms with E-state index < -0.39 is 5.56 Å². The molecule has 0 aliphatic rings. The first kappa shape index (κ1) is 13.4. The highest BCUT2D eigenvalue weighted by molar-refractivity contribution is 7.80. The second-order valence-corrected chi connectivity index (χ2v) is 4.54. The van der Waals surface area contributed by atoms with Crippen LogP contribution in [0.1, 0.15) is 5.69 Å². The molecule has 8 heteroatoms. The molecule has 0 bridgehead atoms. The second kappa shape index (κ2) is 5.33. The van der Waals surface area contributed by atoms with E-state index in [4.69, 9.17) is 29.6 Å². The van der Waals surface area contributed by atoms with Gasteiger partial charge in [0.15, 0.2) is 10.8 Å². The summed E-state index contributed by atoms with van der Waals surface area (Å²) in [5.41, 5.74) is 6.10. The minimum atomic E-state index is -0.444. The van der Waals surface area contributed by atoms with Crippen molar-refractivity contribution in [2.45, 2.75) is 6.92 Å². The zero-order valence-electron chi connectivity index (χ0n) is 9.92. The lowest BCUT2D eigenvalue weighted by Crippen LogP contribution is -2.29. The summed E-state index contributed by atoms with van der Waals surface area (Å²) >= 11 is 10.7. The number of aromatic amines is 1. The highest BCUT2D eigenvalue weighted by Gasteiger charge is 2.12. The van der Waals surface area contributed by atoms with Crippen molar-refractivity contribution in [3.05, 3.63) is 45.3 Å². The minimum absolute atomic E-state index is 0.0766. The number of aryl methyl sites for hydroxylation is 1. The number of aromatic nitrogens is 2. The Labute approximate surface area is 118 Å². The maximum atomic E-state index is 11.9. The van der Waals surface area contributed by atoms with Gasteiger partial charge < -0.3 is 5.73 Å². The van der Waals surface area contributed by atoms with Crippen LogP contribution >= 0.6 is 23.8 Å². The number of nitrogens with zero attached hydrogens (tertiary/aromatic N) is 3. The molecule has 0 amide bonds. The second-order valence-electron chi connectivity index (χ2n) is 3.72. The monoisotopic (exact) mass is 295 g/mol. The zero-order valence-corrected chi connectivity index (χ0v) is 11.5. The molecule has 1 aromatic carbocycles. The molecule has 0 unspecified atom stereocenters. The summed E-state index contributed by atoms with van der Waals surface area (Å²) in [6.07, 6.45) is 0. The van der Waals surface area contributed by atoms with Gasteiger partial charge in [0, 0.05) is 0 Å². The number of benzene rings is 1. The van der Waals surface area contributed by atoms with Crippen molar-refractivity contribution in [2.24, 2.45) is 16.0 Å². The Morgan fingerprint density at radius 2 is 2.11 bits per heavy atom. The molecule has 6 nitrogen and oxygen atoms in total. The topological polar surface area (TPSA) is 88.5 Å². The molecule has 0 spiro atoms. The molecule has 0 aliphatic carbocycles. The zero-order chi connectivity index (χ0) is 14.0. The quantitative estimate of drug-likeness (QED) is 0.659. The summed E-state index contributed by atoms with van der Waals surface area (Å²) < 4.78 is 1.03. The summed E-state index contributed by atoms with van der Waals surface area (Å²) in [6.45, 7) is 1.68. The number of nitrogens with two attached hydrogens (primary N) is 1. The van der Waals surface area contributed by atoms with Gasteiger partial charge in [-0.15, -0.1) is 10.2 Å². The van der Waals surface area contributed by atoms with Gasteiger partial charge >= 0.3 is 5.56 Å². The van der Waals surface area contributed by atoms with Gasteiger partial charge in [-0.05, 0) is 31.3 Å². The maximum absolute atomic E-state index is 11.9. The minimum Gasteiger partial charge on any atom is -0.374 e. The Kier molecular flexibility index (Phi) is 3.77. The molecular weight excluding hydrogens is 286 g/mol. The SMILES string of the molecule is Cc1[nH]n(C(N)=S)c(=O)c1N=Nc1ccccc1Cl. The number of hydrogen-bond donors (Lipinski definition) is 2. The third-order valence-electron chi connectivity index (χ3n) is 2.37. The van der Waals surface area contributed by atoms with Crippen LogP contribution in [0.5, 0.6) is 0 Å². The number of thiocarbonyl (C=S) groups is 1. The Morgan fingerprint density at radius 3 is 2.68 bits per heavy atom. The highest BCUT2D eigenvalue weighted by atomic mass is 35.5. The Balaban J connectivity index is 2.43. The molecule has 3 N–H and O–H groups in total. The van der Waals surface area contributed by atoms with Gasteiger partial charge in [-0.3, -0.25) is 9.89 Å². The van der Waals surface area contributed by atoms with E-state index in [1.165, 1.54) is 0 Å². The Hall–Kier alpha value is -1.99. The Morgan fingerprint density at radius 1 is 1.42 bits per heavy atom. The van der Waals surface area contributed by atoms with E-state index in [0.717, 1.165) is 4.68 Å². The van der Waals surface area contributed by atoms with Gasteiger partial charge in [-0.2, -0.15) is 4.68 Å². The van der Waals surface area contributed by atoms with Crippen LogP contribution < -0.4 is 11.3 Å². The van der Waals surface area contributed by atoms with Crippen molar-refractivity contribution in [3.8, 4) is 0 Å². The summed E-state index contributed by atoms with van der Waals surface area (Å²) in [5, 5.41) is 10.9. The van der Waals surface area contributed by atoms with E-state index in [2.05, 4.69) is 15.3 Å². The molecule has 1 aromatic heterocycles. The van der Waals surface area contributed by atoms with Crippen molar-refractivity contribution in [1.82, 2.24) is 9.78 Å². The fraction of sp³-hybridized carbons (Fsp3) is 0.0909. The summed E-state index contributed by atoms with van der Waals surface area (Å²) in [6, 6.07) is 6.94. The number of azo groups is 1. The van der Waals surface area contributed by atoms with E-state index in [1.54, 1.807) is 31.2 Å². The van der Waals surface area contributed by atoms with Crippen molar-refractivity contribution >= 4 is 40.3 Å². The first-order valence-corrected chi connectivity index (χ1v) is 6.07. The van der Waals surface area contributed by atoms with E-state index in [9.17, 15) is 4.79 Å². The van der Waals surface area contributed by atoms with Gasteiger partial charge in [0.25, 0.3) is 0 Å². The predicted octanol–water partition coefficient (Wildman–Crippen LogP) is 2.65. The average molecular weight is 296 g/mol. The first-order valence-electron chi connectivity index (χ1n) is 5.28. The van der Waals surface area contributed by atoms with Gasteiger partial charge in [-0.25, -0.2) is 0 Å². The van der Waals surface area contributed by atoms with Gasteiger partial charge in [0.05, 0.1) is 10.7 Å². The largest absolute Gasteiger partial charge is 0.374 e. The lowest BCUT2D eigenvalue weighted by Gasteiger charge is -1.94. The van der Waals surface area contributed by atoms with Crippen LogP contribution in [0.2, 0.25) is 5.02 Å². The molecule has 2 aromatic rings. The average Bonchev–Trinajstić information content (AvgIpc) is 2.65. The Bertz CT molecular complexity index is 718. The summed E-state index contributed by atoms with van der Waals surface area (Å²) in [4.78, 5) is 11.9. The number of hydrogen-bond acceptors (Lipinski definition) is 4. The van der Waals surface area contributed by atoms with Gasteiger partial charge in [0.2, 0.25) is 0 Å². The molecule has 0 aliphatic heterocycles. The van der Waals surface area contributed by atoms with Gasteiger partial charge in [0.1, 0.15) is 5.69 Å². The smallest absolute Gasteiger partial charge is 0.301 e. The lowest BCUT2D eigenvalue weighted by molar-refractivity contribution is 0.889. The van der Waals surface area contributed by atoms with E-state index in [-0.39, 0.29) is 10.8 Å². The fourth-order valence-electron chi connectivity index (χ4n) is 1.45. The van der Waals surface area contributed by atoms with E-state index in [1.807, 2.05) is 0 Å². The molecule has 1 heterocycles. The lowest BCUT2D eigenvalue weighted by atomic mass is 10.3. The molecule has 0 atom stereocenters. The first-order chi connectivity index (χ1) is 9.00. The van der Waals surface area contributed by atoms with Crippen LogP contribution in [0.4, 0.5) is 11.4 Å². The number of nitrogens with one attached hydrogen (secondary N) is 1. The van der Waals surface area contributed by atoms with Crippen molar-refractivity contribution in [1.29, 1.82) is 0 Å². The highest BCUT2D eigenvalue weighted by Crippen LogP contribution is 2.25. The number of halogens is 1. The maximum Gasteiger partial charge on any atom is 0.301 e. The van der Waals surface area contributed by atoms with Crippen molar-refractivity contribution in [2.75, 3.05) is 0 Å². The van der Waals surface area contributed by atoms with E-state index in [0.29, 0.717) is 16.4 Å². The normalized spacial score (nSPS) is 11.1. The number of H-pyrrole nitrogens is 1. The van der Waals surface area contributed by atoms with Crippen LogP contribution in [0.15, 0.2) is 39.3 Å². The van der Waals surface area contributed by atoms with Crippen LogP contribution in [0.3, 0.4) is 0 Å². The van der Waals surface area contributed by atoms with Crippen molar-refractivity contribution < 1.29 is 0 Å². The molecular formula is C11H10ClN5OS. The standard InChI is InChI=1S/C11H10ClN5OS/c1-6-9(10(18)17(16-6)11(13)19)15-14-8-5-3-2-4-7(8)12/h2-5,16H,1H3,(H2,13,19). The van der Waals surface area contributed by atoms with Crippen molar-refractivity contribution in [3.63, 3.8) is 0 Å². The third-order valence-corrected chi connectivity index (χ3v) is 2.87. The van der Waals surface area contributed by atoms with Crippen LogP contribution in [-0.4, -0.2) is 14.9 Å². The van der Waals surface area contributed by atoms with Crippen LogP contribution in [-0.2, 0) is 0 Å². The molecule has 0 saturated carbocycles. The molecule has 0 saturated heterocycles. The third kappa shape index (κ3) is 2.72. The molecule has 19 heavy (non-hydrogen) atoms. The molecule has 2 rings (SSSR count). The molecule has 0 radical (unpaired) electrons. The van der Waals surface area contributed by atoms with E-state index >= 15 is 0 Å². The van der Waals surface area contributed by atoms with Gasteiger partial charge in [-0.1, -0.05) is 23.7 Å². The molecule has 0 fully saturated rings. The summed E-state index contributed by atoms with van der Waals surface area (Å²) in [5.74, 6) is 0. The number of rotatable bonds is 2. The summed E-state index contributed by atoms with van der Waals surface area (Å²) in [7, 11) is 0. The predicted molar refractivity (Wildman–Crippen MR) is 77.6 cm³/mol. The van der Waals surface area contributed by atoms with Crippen LogP contribution in [0, 0.1) is 6.92 Å². The molecule has 98 valence electrons.